The number of hydrogen-bond acceptors (Lipinski definition) is 6. The van der Waals surface area contributed by atoms with E-state index in [1.165, 1.54) is 4.90 Å². The first-order valence-corrected chi connectivity index (χ1v) is 11.7. The Morgan fingerprint density at radius 3 is 2.21 bits per heavy atom. The highest BCUT2D eigenvalue weighted by Gasteiger charge is 2.45. The topological polar surface area (TPSA) is 79.3 Å². The van der Waals surface area contributed by atoms with Crippen LogP contribution in [-0.2, 0) is 9.59 Å². The van der Waals surface area contributed by atoms with Gasteiger partial charge in [0.1, 0.15) is 17.3 Å². The normalized spacial score (nSPS) is 17.6. The zero-order chi connectivity index (χ0) is 24.8. The van der Waals surface area contributed by atoms with Gasteiger partial charge in [-0.05, 0) is 76.3 Å². The molecule has 1 aliphatic heterocycles. The summed E-state index contributed by atoms with van der Waals surface area (Å²) < 4.78 is 11.3. The van der Waals surface area contributed by atoms with Crippen molar-refractivity contribution < 1.29 is 24.2 Å². The summed E-state index contributed by atoms with van der Waals surface area (Å²) in [5.41, 5.74) is 1.28. The molecule has 1 atom stereocenters. The second-order valence-corrected chi connectivity index (χ2v) is 8.90. The molecule has 0 radical (unpaired) electrons. The van der Waals surface area contributed by atoms with Crippen LogP contribution < -0.4 is 9.47 Å². The molecule has 1 heterocycles. The van der Waals surface area contributed by atoms with Crippen molar-refractivity contribution in [2.45, 2.75) is 39.3 Å². The van der Waals surface area contributed by atoms with Crippen molar-refractivity contribution in [3.63, 3.8) is 0 Å². The Labute approximate surface area is 201 Å². The lowest BCUT2D eigenvalue weighted by molar-refractivity contribution is -0.140. The minimum atomic E-state index is -0.688. The average Bonchev–Trinajstić information content (AvgIpc) is 3.06. The van der Waals surface area contributed by atoms with Crippen LogP contribution in [0, 0.1) is 0 Å². The summed E-state index contributed by atoms with van der Waals surface area (Å²) in [5, 5.41) is 11.2. The molecule has 0 aliphatic carbocycles. The number of carbonyl (C=O) groups is 2. The molecule has 1 aliphatic rings. The molecule has 0 bridgehead atoms. The standard InChI is InChI=1S/C27H34N2O5/c1-6-17-33-21-11-7-19(8-12-21)24-23(26(31)27(32)29(24)16-15-28(4)5)25(30)20-9-13-22(14-10-20)34-18(2)3/h7-14,18,24,30H,6,15-17H2,1-5H3/b25-23+/t24-/m0/s1. The number of aliphatic hydroxyl groups excluding tert-OH is 1. The Balaban J connectivity index is 2.03. The van der Waals surface area contributed by atoms with E-state index >= 15 is 0 Å². The third kappa shape index (κ3) is 5.78. The van der Waals surface area contributed by atoms with Gasteiger partial charge in [0.05, 0.1) is 24.3 Å². The molecule has 0 unspecified atom stereocenters. The molecule has 7 nitrogen and oxygen atoms in total. The number of ether oxygens (including phenoxy) is 2. The van der Waals surface area contributed by atoms with E-state index in [9.17, 15) is 14.7 Å². The minimum Gasteiger partial charge on any atom is -0.507 e. The van der Waals surface area contributed by atoms with Gasteiger partial charge in [-0.25, -0.2) is 0 Å². The van der Waals surface area contributed by atoms with Crippen LogP contribution in [0.25, 0.3) is 5.76 Å². The van der Waals surface area contributed by atoms with Gasteiger partial charge < -0.3 is 24.4 Å². The van der Waals surface area contributed by atoms with Gasteiger partial charge in [0.15, 0.2) is 0 Å². The SMILES string of the molecule is CCCOc1ccc([C@H]2/C(=C(\O)c3ccc(OC(C)C)cc3)C(=O)C(=O)N2CCN(C)C)cc1. The van der Waals surface area contributed by atoms with Crippen LogP contribution in [0.15, 0.2) is 54.1 Å². The fraction of sp³-hybridized carbons (Fsp3) is 0.407. The molecule has 2 aromatic carbocycles. The predicted molar refractivity (Wildman–Crippen MR) is 132 cm³/mol. The Morgan fingerprint density at radius 1 is 1.03 bits per heavy atom. The van der Waals surface area contributed by atoms with E-state index in [1.807, 2.05) is 64.0 Å². The number of likely N-dealkylation sites (N-methyl/N-ethyl adjacent to an activating group) is 1. The molecular formula is C27H34N2O5. The van der Waals surface area contributed by atoms with Gasteiger partial charge in [0.25, 0.3) is 11.7 Å². The molecule has 1 fully saturated rings. The van der Waals surface area contributed by atoms with Gasteiger partial charge >= 0.3 is 0 Å². The predicted octanol–water partition coefficient (Wildman–Crippen LogP) is 4.25. The largest absolute Gasteiger partial charge is 0.507 e. The molecule has 1 saturated heterocycles. The van der Waals surface area contributed by atoms with Gasteiger partial charge in [-0.3, -0.25) is 9.59 Å². The van der Waals surface area contributed by atoms with E-state index in [1.54, 1.807) is 24.3 Å². The summed E-state index contributed by atoms with van der Waals surface area (Å²) in [5.74, 6) is -0.110. The molecule has 0 spiro atoms. The molecule has 1 N–H and O–H groups in total. The number of amides is 1. The number of nitrogens with zero attached hydrogens (tertiary/aromatic N) is 2. The number of aliphatic hydroxyl groups is 1. The van der Waals surface area contributed by atoms with Gasteiger partial charge in [-0.2, -0.15) is 0 Å². The van der Waals surface area contributed by atoms with Gasteiger partial charge in [0, 0.05) is 18.7 Å². The average molecular weight is 467 g/mol. The van der Waals surface area contributed by atoms with Crippen LogP contribution in [0.2, 0.25) is 0 Å². The number of likely N-dealkylation sites (tertiary alicyclic amines) is 1. The van der Waals surface area contributed by atoms with Crippen LogP contribution in [0.4, 0.5) is 0 Å². The van der Waals surface area contributed by atoms with Crippen LogP contribution in [0.5, 0.6) is 11.5 Å². The first-order valence-electron chi connectivity index (χ1n) is 11.7. The molecule has 2 aromatic rings. The molecule has 3 rings (SSSR count). The van der Waals surface area contributed by atoms with E-state index in [4.69, 9.17) is 9.47 Å². The lowest BCUT2D eigenvalue weighted by atomic mass is 9.95. The smallest absolute Gasteiger partial charge is 0.295 e. The Kier molecular flexibility index (Phi) is 8.34. The highest BCUT2D eigenvalue weighted by atomic mass is 16.5. The number of carbonyl (C=O) groups excluding carboxylic acids is 2. The van der Waals surface area contributed by atoms with E-state index in [0.29, 0.717) is 31.0 Å². The first-order chi connectivity index (χ1) is 16.2. The van der Waals surface area contributed by atoms with E-state index in [2.05, 4.69) is 0 Å². The zero-order valence-corrected chi connectivity index (χ0v) is 20.6. The minimum absolute atomic E-state index is 0.0192. The molecule has 7 heteroatoms. The van der Waals surface area contributed by atoms with Crippen molar-refractivity contribution >= 4 is 17.4 Å². The molecule has 0 aromatic heterocycles. The van der Waals surface area contributed by atoms with Crippen molar-refractivity contribution in [3.05, 3.63) is 65.2 Å². The Hall–Kier alpha value is -3.32. The van der Waals surface area contributed by atoms with Crippen molar-refractivity contribution in [1.82, 2.24) is 9.80 Å². The molecule has 34 heavy (non-hydrogen) atoms. The first kappa shape index (κ1) is 25.3. The quantitative estimate of drug-likeness (QED) is 0.320. The summed E-state index contributed by atoms with van der Waals surface area (Å²) in [6, 6.07) is 13.5. The van der Waals surface area contributed by atoms with Crippen molar-refractivity contribution in [2.24, 2.45) is 0 Å². The molecule has 0 saturated carbocycles. The third-order valence-corrected chi connectivity index (χ3v) is 5.50. The second-order valence-electron chi connectivity index (χ2n) is 8.90. The summed E-state index contributed by atoms with van der Waals surface area (Å²) in [4.78, 5) is 29.6. The fourth-order valence-electron chi connectivity index (χ4n) is 3.85. The monoisotopic (exact) mass is 466 g/mol. The number of rotatable bonds is 10. The summed E-state index contributed by atoms with van der Waals surface area (Å²) >= 11 is 0. The summed E-state index contributed by atoms with van der Waals surface area (Å²) in [6.45, 7) is 7.45. The number of hydrogen-bond donors (Lipinski definition) is 1. The van der Waals surface area contributed by atoms with Crippen molar-refractivity contribution in [2.75, 3.05) is 33.8 Å². The maximum Gasteiger partial charge on any atom is 0.295 e. The van der Waals surface area contributed by atoms with Gasteiger partial charge in [-0.1, -0.05) is 19.1 Å². The lowest BCUT2D eigenvalue weighted by Gasteiger charge is -2.26. The molecule has 1 amide bonds. The third-order valence-electron chi connectivity index (χ3n) is 5.50. The van der Waals surface area contributed by atoms with Gasteiger partial charge in [0.2, 0.25) is 0 Å². The number of benzene rings is 2. The Bertz CT molecular complexity index is 1030. The number of ketones is 1. The van der Waals surface area contributed by atoms with Crippen LogP contribution >= 0.6 is 0 Å². The maximum absolute atomic E-state index is 13.1. The molecular weight excluding hydrogens is 432 g/mol. The van der Waals surface area contributed by atoms with E-state index in [-0.39, 0.29) is 17.4 Å². The number of Topliss-reactive ketones (excluding diaryl/α,β-unsaturated/α-hetero) is 1. The van der Waals surface area contributed by atoms with Crippen LogP contribution in [0.3, 0.4) is 0 Å². The van der Waals surface area contributed by atoms with Gasteiger partial charge in [-0.15, -0.1) is 0 Å². The van der Waals surface area contributed by atoms with Crippen molar-refractivity contribution in [3.8, 4) is 11.5 Å². The van der Waals surface area contributed by atoms with E-state index in [0.717, 1.165) is 17.7 Å². The van der Waals surface area contributed by atoms with Crippen LogP contribution in [-0.4, -0.2) is 66.5 Å². The zero-order valence-electron chi connectivity index (χ0n) is 20.6. The lowest BCUT2D eigenvalue weighted by Crippen LogP contribution is -2.35. The molecule has 182 valence electrons. The van der Waals surface area contributed by atoms with E-state index < -0.39 is 17.7 Å². The second kappa shape index (κ2) is 11.2. The van der Waals surface area contributed by atoms with Crippen molar-refractivity contribution in [1.29, 1.82) is 0 Å². The summed E-state index contributed by atoms with van der Waals surface area (Å²) in [6.07, 6.45) is 0.915. The summed E-state index contributed by atoms with van der Waals surface area (Å²) in [7, 11) is 3.82. The van der Waals surface area contributed by atoms with Crippen LogP contribution in [0.1, 0.15) is 44.4 Å². The maximum atomic E-state index is 13.1. The fourth-order valence-corrected chi connectivity index (χ4v) is 3.85. The highest BCUT2D eigenvalue weighted by molar-refractivity contribution is 6.46. The highest BCUT2D eigenvalue weighted by Crippen LogP contribution is 2.39. The Morgan fingerprint density at radius 2 is 1.65 bits per heavy atom.